The van der Waals surface area contributed by atoms with Gasteiger partial charge in [-0.25, -0.2) is 9.78 Å². The number of hydrogen-bond acceptors (Lipinski definition) is 10. The predicted molar refractivity (Wildman–Crippen MR) is 132 cm³/mol. The van der Waals surface area contributed by atoms with Crippen molar-refractivity contribution in [3.8, 4) is 10.6 Å². The number of piperidine rings is 1. The molecule has 10 nitrogen and oxygen atoms in total. The van der Waals surface area contributed by atoms with Crippen LogP contribution in [0.3, 0.4) is 0 Å². The quantitative estimate of drug-likeness (QED) is 0.451. The minimum Gasteiger partial charge on any atom is -0.464 e. The van der Waals surface area contributed by atoms with Gasteiger partial charge in [0, 0.05) is 19.1 Å². The molecule has 0 aliphatic carbocycles. The fourth-order valence-corrected chi connectivity index (χ4v) is 5.29. The minimum atomic E-state index is -0.720. The van der Waals surface area contributed by atoms with Gasteiger partial charge in [-0.2, -0.15) is 4.98 Å². The van der Waals surface area contributed by atoms with E-state index in [-0.39, 0.29) is 24.8 Å². The van der Waals surface area contributed by atoms with Crippen LogP contribution in [-0.2, 0) is 14.3 Å². The molecule has 5 rings (SSSR count). The van der Waals surface area contributed by atoms with E-state index in [1.807, 2.05) is 29.2 Å². The first-order valence-electron chi connectivity index (χ1n) is 11.6. The highest BCUT2D eigenvalue weighted by Gasteiger charge is 2.30. The van der Waals surface area contributed by atoms with Crippen LogP contribution >= 0.6 is 11.3 Å². The van der Waals surface area contributed by atoms with Gasteiger partial charge in [0.1, 0.15) is 16.4 Å². The summed E-state index contributed by atoms with van der Waals surface area (Å²) in [7, 11) is 0. The van der Waals surface area contributed by atoms with Crippen molar-refractivity contribution in [1.82, 2.24) is 20.3 Å². The topological polar surface area (TPSA) is 121 Å². The number of anilines is 2. The SMILES string of the molecule is CCOC(=O)C1CN(c2nc(N[C@@H]3CCCNC3)c(-c3nc4ccccc4s3)c(=O)[nH]2)CCO1. The fraction of sp³-hybridized carbons (Fsp3) is 0.478. The maximum atomic E-state index is 13.4. The molecule has 0 bridgehead atoms. The Morgan fingerprint density at radius 1 is 1.35 bits per heavy atom. The predicted octanol–water partition coefficient (Wildman–Crippen LogP) is 1.98. The van der Waals surface area contributed by atoms with E-state index in [2.05, 4.69) is 15.6 Å². The molecule has 2 saturated heterocycles. The van der Waals surface area contributed by atoms with Crippen molar-refractivity contribution in [1.29, 1.82) is 0 Å². The number of nitrogens with zero attached hydrogens (tertiary/aromatic N) is 3. The number of para-hydroxylation sites is 1. The van der Waals surface area contributed by atoms with Crippen molar-refractivity contribution >= 4 is 39.3 Å². The molecular weight excluding hydrogens is 456 g/mol. The highest BCUT2D eigenvalue weighted by molar-refractivity contribution is 7.21. The number of hydrogen-bond donors (Lipinski definition) is 3. The molecule has 2 aliphatic heterocycles. The smallest absolute Gasteiger partial charge is 0.337 e. The van der Waals surface area contributed by atoms with Crippen LogP contribution in [0.1, 0.15) is 19.8 Å². The second kappa shape index (κ2) is 10.1. The van der Waals surface area contributed by atoms with E-state index in [9.17, 15) is 9.59 Å². The van der Waals surface area contributed by atoms with Gasteiger partial charge in [0.05, 0.1) is 30.0 Å². The van der Waals surface area contributed by atoms with E-state index < -0.39 is 12.1 Å². The van der Waals surface area contributed by atoms with Crippen LogP contribution in [0.15, 0.2) is 29.1 Å². The van der Waals surface area contributed by atoms with Gasteiger partial charge in [0.25, 0.3) is 5.56 Å². The Morgan fingerprint density at radius 2 is 2.24 bits per heavy atom. The molecule has 3 N–H and O–H groups in total. The standard InChI is InChI=1S/C23H28N6O4S/c1-2-32-22(31)16-13-29(10-11-33-16)23-27-19(25-14-6-5-9-24-12-14)18(20(30)28-23)21-26-15-7-3-4-8-17(15)34-21/h3-4,7-8,14,16,24H,2,5-6,9-13H2,1H3,(H2,25,27,28,30)/t14-,16?/m1/s1. The molecule has 2 fully saturated rings. The molecule has 0 saturated carbocycles. The van der Waals surface area contributed by atoms with Gasteiger partial charge >= 0.3 is 5.97 Å². The average molecular weight is 485 g/mol. The molecule has 4 heterocycles. The number of benzene rings is 1. The number of nitrogens with one attached hydrogen (secondary N) is 3. The third-order valence-electron chi connectivity index (χ3n) is 5.97. The van der Waals surface area contributed by atoms with Gasteiger partial charge in [0.15, 0.2) is 6.10 Å². The highest BCUT2D eigenvalue weighted by Crippen LogP contribution is 2.32. The number of carbonyl (C=O) groups excluding carboxylic acids is 1. The monoisotopic (exact) mass is 484 g/mol. The van der Waals surface area contributed by atoms with Crippen molar-refractivity contribution in [3.63, 3.8) is 0 Å². The summed E-state index contributed by atoms with van der Waals surface area (Å²) in [6, 6.07) is 7.98. The summed E-state index contributed by atoms with van der Waals surface area (Å²) in [6.45, 7) is 4.93. The zero-order chi connectivity index (χ0) is 23.5. The number of aromatic nitrogens is 3. The Kier molecular flexibility index (Phi) is 6.75. The highest BCUT2D eigenvalue weighted by atomic mass is 32.1. The van der Waals surface area contributed by atoms with Gasteiger partial charge in [-0.3, -0.25) is 9.78 Å². The van der Waals surface area contributed by atoms with E-state index in [1.54, 1.807) is 6.92 Å². The molecule has 34 heavy (non-hydrogen) atoms. The maximum Gasteiger partial charge on any atom is 0.337 e. The lowest BCUT2D eigenvalue weighted by Crippen LogP contribution is -2.48. The number of rotatable bonds is 6. The van der Waals surface area contributed by atoms with Crippen LogP contribution in [0.2, 0.25) is 0 Å². The number of esters is 1. The van der Waals surface area contributed by atoms with E-state index in [1.165, 1.54) is 11.3 Å². The summed E-state index contributed by atoms with van der Waals surface area (Å²) in [5, 5.41) is 7.51. The normalized spacial score (nSPS) is 20.9. The number of fused-ring (bicyclic) bond motifs is 1. The van der Waals surface area contributed by atoms with Crippen LogP contribution in [0.5, 0.6) is 0 Å². The van der Waals surface area contributed by atoms with Gasteiger partial charge < -0.3 is 25.0 Å². The largest absolute Gasteiger partial charge is 0.464 e. The van der Waals surface area contributed by atoms with Crippen molar-refractivity contribution in [3.05, 3.63) is 34.6 Å². The third kappa shape index (κ3) is 4.77. The maximum absolute atomic E-state index is 13.4. The number of morpholine rings is 1. The third-order valence-corrected chi connectivity index (χ3v) is 7.02. The molecule has 180 valence electrons. The second-order valence-corrected chi connectivity index (χ2v) is 9.38. The summed E-state index contributed by atoms with van der Waals surface area (Å²) < 4.78 is 11.7. The number of aromatic amines is 1. The fourth-order valence-electron chi connectivity index (χ4n) is 4.28. The Labute approximate surface area is 200 Å². The van der Waals surface area contributed by atoms with Crippen molar-refractivity contribution in [2.45, 2.75) is 31.9 Å². The summed E-state index contributed by atoms with van der Waals surface area (Å²) in [5.41, 5.74) is 1.02. The molecule has 0 spiro atoms. The molecule has 2 aromatic heterocycles. The molecule has 2 atom stereocenters. The molecule has 0 radical (unpaired) electrons. The van der Waals surface area contributed by atoms with Crippen molar-refractivity contribution in [2.24, 2.45) is 0 Å². The zero-order valence-electron chi connectivity index (χ0n) is 19.0. The number of H-pyrrole nitrogens is 1. The number of carbonyl (C=O) groups is 1. The van der Waals surface area contributed by atoms with Gasteiger partial charge in [-0.05, 0) is 38.4 Å². The van der Waals surface area contributed by atoms with Crippen LogP contribution in [0, 0.1) is 0 Å². The Morgan fingerprint density at radius 3 is 3.03 bits per heavy atom. The number of thiazole rings is 1. The second-order valence-electron chi connectivity index (χ2n) is 8.34. The number of ether oxygens (including phenoxy) is 2. The van der Waals surface area contributed by atoms with Crippen LogP contribution in [0.4, 0.5) is 11.8 Å². The molecular formula is C23H28N6O4S. The zero-order valence-corrected chi connectivity index (χ0v) is 19.8. The van der Waals surface area contributed by atoms with Crippen molar-refractivity contribution in [2.75, 3.05) is 49.6 Å². The average Bonchev–Trinajstić information content (AvgIpc) is 3.28. The molecule has 1 unspecified atom stereocenters. The molecule has 1 aromatic carbocycles. The molecule has 0 amide bonds. The van der Waals surface area contributed by atoms with Gasteiger partial charge in [-0.1, -0.05) is 12.1 Å². The van der Waals surface area contributed by atoms with E-state index in [0.29, 0.717) is 35.5 Å². The first-order chi connectivity index (χ1) is 16.6. The van der Waals surface area contributed by atoms with Crippen LogP contribution in [-0.4, -0.2) is 72.5 Å². The Hall–Kier alpha value is -3.02. The van der Waals surface area contributed by atoms with Crippen LogP contribution < -0.4 is 21.1 Å². The van der Waals surface area contributed by atoms with E-state index in [0.717, 1.165) is 36.1 Å². The molecule has 11 heteroatoms. The van der Waals surface area contributed by atoms with Gasteiger partial charge in [0.2, 0.25) is 5.95 Å². The first-order valence-corrected chi connectivity index (χ1v) is 12.4. The van der Waals surface area contributed by atoms with Crippen molar-refractivity contribution < 1.29 is 14.3 Å². The summed E-state index contributed by atoms with van der Waals surface area (Å²) in [5.74, 6) is 0.497. The lowest BCUT2D eigenvalue weighted by atomic mass is 10.1. The summed E-state index contributed by atoms with van der Waals surface area (Å²) in [4.78, 5) is 39.9. The Bertz CT molecular complexity index is 1190. The summed E-state index contributed by atoms with van der Waals surface area (Å²) >= 11 is 1.47. The lowest BCUT2D eigenvalue weighted by Gasteiger charge is -2.32. The van der Waals surface area contributed by atoms with E-state index in [4.69, 9.17) is 19.4 Å². The van der Waals surface area contributed by atoms with Crippen LogP contribution in [0.25, 0.3) is 20.8 Å². The molecule has 3 aromatic rings. The first kappa shape index (κ1) is 22.8. The summed E-state index contributed by atoms with van der Waals surface area (Å²) in [6.07, 6.45) is 1.31. The van der Waals surface area contributed by atoms with E-state index >= 15 is 0 Å². The minimum absolute atomic E-state index is 0.154. The van der Waals surface area contributed by atoms with Gasteiger partial charge in [-0.15, -0.1) is 11.3 Å². The Balaban J connectivity index is 1.51. The lowest BCUT2D eigenvalue weighted by molar-refractivity contribution is -0.157. The molecule has 2 aliphatic rings.